The van der Waals surface area contributed by atoms with Gasteiger partial charge in [-0.05, 0) is 41.7 Å². The zero-order valence-corrected chi connectivity index (χ0v) is 13.5. The van der Waals surface area contributed by atoms with Gasteiger partial charge in [0.05, 0.1) is 0 Å². The van der Waals surface area contributed by atoms with Gasteiger partial charge in [-0.25, -0.2) is 0 Å². The lowest BCUT2D eigenvalue weighted by Gasteiger charge is -2.29. The molecule has 0 heterocycles. The highest BCUT2D eigenvalue weighted by atomic mass is 14.3. The van der Waals surface area contributed by atoms with E-state index in [1.807, 2.05) is 0 Å². The fourth-order valence-electron chi connectivity index (χ4n) is 3.03. The minimum absolute atomic E-state index is 0.627. The van der Waals surface area contributed by atoms with Crippen LogP contribution in [0.15, 0.2) is 60.7 Å². The van der Waals surface area contributed by atoms with Gasteiger partial charge in [0.15, 0.2) is 0 Å². The van der Waals surface area contributed by atoms with E-state index in [2.05, 4.69) is 81.4 Å². The highest BCUT2D eigenvalue weighted by Gasteiger charge is 2.23. The number of rotatable bonds is 7. The standard InChI is InChI=1S/C21H27/c1-4-17(2)21(16-20-13-9-6-10-14-20)18(3)15-19-11-7-5-8-12-19/h5-14,17-18H,4,15-16H2,1-3H3. The van der Waals surface area contributed by atoms with Crippen LogP contribution in [0.2, 0.25) is 0 Å². The fourth-order valence-corrected chi connectivity index (χ4v) is 3.03. The lowest BCUT2D eigenvalue weighted by Crippen LogP contribution is -2.21. The maximum Gasteiger partial charge on any atom is -0.0138 e. The Kier molecular flexibility index (Phi) is 6.04. The van der Waals surface area contributed by atoms with Crippen molar-refractivity contribution in [2.45, 2.75) is 40.0 Å². The molecule has 2 aromatic carbocycles. The molecule has 111 valence electrons. The van der Waals surface area contributed by atoms with Crippen molar-refractivity contribution in [3.05, 3.63) is 77.7 Å². The lowest BCUT2D eigenvalue weighted by atomic mass is 9.76. The van der Waals surface area contributed by atoms with E-state index in [-0.39, 0.29) is 0 Å². The van der Waals surface area contributed by atoms with Gasteiger partial charge in [-0.1, -0.05) is 87.9 Å². The van der Waals surface area contributed by atoms with Crippen LogP contribution in [0, 0.1) is 17.8 Å². The van der Waals surface area contributed by atoms with Crippen LogP contribution in [0.25, 0.3) is 0 Å². The smallest absolute Gasteiger partial charge is 0.0138 e. The van der Waals surface area contributed by atoms with Crippen molar-refractivity contribution in [2.75, 3.05) is 0 Å². The highest BCUT2D eigenvalue weighted by molar-refractivity contribution is 5.22. The Morgan fingerprint density at radius 1 is 0.762 bits per heavy atom. The highest BCUT2D eigenvalue weighted by Crippen LogP contribution is 2.31. The Balaban J connectivity index is 2.08. The minimum atomic E-state index is 0.627. The Hall–Kier alpha value is -1.56. The van der Waals surface area contributed by atoms with Crippen LogP contribution < -0.4 is 0 Å². The molecule has 2 atom stereocenters. The largest absolute Gasteiger partial charge is 0.0651 e. The minimum Gasteiger partial charge on any atom is -0.0651 e. The summed E-state index contributed by atoms with van der Waals surface area (Å²) in [5.41, 5.74) is 2.88. The van der Waals surface area contributed by atoms with Crippen LogP contribution in [0.4, 0.5) is 0 Å². The fraction of sp³-hybridized carbons (Fsp3) is 0.381. The molecule has 0 aliphatic carbocycles. The summed E-state index contributed by atoms with van der Waals surface area (Å²) < 4.78 is 0. The summed E-state index contributed by atoms with van der Waals surface area (Å²) in [5, 5.41) is 0. The van der Waals surface area contributed by atoms with Crippen LogP contribution in [0.1, 0.15) is 38.3 Å². The predicted molar refractivity (Wildman–Crippen MR) is 92.2 cm³/mol. The van der Waals surface area contributed by atoms with E-state index >= 15 is 0 Å². The first-order valence-electron chi connectivity index (χ1n) is 8.14. The lowest BCUT2D eigenvalue weighted by molar-refractivity contribution is 0.433. The van der Waals surface area contributed by atoms with Gasteiger partial charge in [0.2, 0.25) is 0 Å². The van der Waals surface area contributed by atoms with Gasteiger partial charge in [0, 0.05) is 0 Å². The van der Waals surface area contributed by atoms with Crippen LogP contribution in [-0.2, 0) is 12.8 Å². The summed E-state index contributed by atoms with van der Waals surface area (Å²) in [6, 6.07) is 21.7. The van der Waals surface area contributed by atoms with Crippen LogP contribution >= 0.6 is 0 Å². The number of hydrogen-bond acceptors (Lipinski definition) is 0. The van der Waals surface area contributed by atoms with E-state index in [1.54, 1.807) is 5.92 Å². The molecule has 1 radical (unpaired) electrons. The molecule has 2 aromatic rings. The Labute approximate surface area is 130 Å². The second-order valence-corrected chi connectivity index (χ2v) is 6.14. The summed E-state index contributed by atoms with van der Waals surface area (Å²) in [7, 11) is 0. The van der Waals surface area contributed by atoms with Crippen molar-refractivity contribution in [3.8, 4) is 0 Å². The molecule has 2 rings (SSSR count). The molecule has 0 saturated heterocycles. The molecular weight excluding hydrogens is 252 g/mol. The molecule has 0 amide bonds. The molecule has 0 aliphatic rings. The third-order valence-electron chi connectivity index (χ3n) is 4.51. The van der Waals surface area contributed by atoms with Crippen molar-refractivity contribution < 1.29 is 0 Å². The maximum absolute atomic E-state index is 2.39. The summed E-state index contributed by atoms with van der Waals surface area (Å²) in [5.74, 6) is 3.00. The molecule has 0 aliphatic heterocycles. The topological polar surface area (TPSA) is 0 Å². The van der Waals surface area contributed by atoms with Crippen LogP contribution in [0.3, 0.4) is 0 Å². The SMILES string of the molecule is CCC(C)[C](Cc1ccccc1)C(C)Cc1ccccc1. The van der Waals surface area contributed by atoms with Gasteiger partial charge in [0.1, 0.15) is 0 Å². The number of benzene rings is 2. The van der Waals surface area contributed by atoms with E-state index in [1.165, 1.54) is 17.5 Å². The van der Waals surface area contributed by atoms with E-state index in [0.29, 0.717) is 11.8 Å². The predicted octanol–water partition coefficient (Wildman–Crippen LogP) is 5.73. The summed E-state index contributed by atoms with van der Waals surface area (Å²) in [4.78, 5) is 0. The van der Waals surface area contributed by atoms with E-state index in [0.717, 1.165) is 12.8 Å². The number of hydrogen-bond donors (Lipinski definition) is 0. The Bertz CT molecular complexity index is 500. The molecule has 0 heteroatoms. The van der Waals surface area contributed by atoms with Gasteiger partial charge in [-0.15, -0.1) is 0 Å². The van der Waals surface area contributed by atoms with Gasteiger partial charge in [-0.2, -0.15) is 0 Å². The normalized spacial score (nSPS) is 14.1. The Morgan fingerprint density at radius 3 is 1.81 bits per heavy atom. The van der Waals surface area contributed by atoms with Gasteiger partial charge < -0.3 is 0 Å². The van der Waals surface area contributed by atoms with E-state index in [9.17, 15) is 0 Å². The second kappa shape index (κ2) is 8.02. The molecule has 0 fully saturated rings. The quantitative estimate of drug-likeness (QED) is 0.607. The summed E-state index contributed by atoms with van der Waals surface area (Å²) in [6.07, 6.45) is 3.48. The van der Waals surface area contributed by atoms with Crippen molar-refractivity contribution in [1.82, 2.24) is 0 Å². The molecule has 0 bridgehead atoms. The van der Waals surface area contributed by atoms with Gasteiger partial charge >= 0.3 is 0 Å². The molecule has 0 spiro atoms. The average molecular weight is 279 g/mol. The first kappa shape index (κ1) is 15.8. The zero-order valence-electron chi connectivity index (χ0n) is 13.5. The first-order valence-corrected chi connectivity index (χ1v) is 8.14. The van der Waals surface area contributed by atoms with E-state index in [4.69, 9.17) is 0 Å². The zero-order chi connectivity index (χ0) is 15.1. The van der Waals surface area contributed by atoms with E-state index < -0.39 is 0 Å². The summed E-state index contributed by atoms with van der Waals surface area (Å²) >= 11 is 0. The maximum atomic E-state index is 2.39. The summed E-state index contributed by atoms with van der Waals surface area (Å²) in [6.45, 7) is 7.06. The molecule has 0 aromatic heterocycles. The third kappa shape index (κ3) is 4.74. The van der Waals surface area contributed by atoms with Crippen LogP contribution in [-0.4, -0.2) is 0 Å². The Morgan fingerprint density at radius 2 is 1.29 bits per heavy atom. The second-order valence-electron chi connectivity index (χ2n) is 6.14. The molecule has 0 nitrogen and oxygen atoms in total. The molecular formula is C21H27. The average Bonchev–Trinajstić information content (AvgIpc) is 2.53. The van der Waals surface area contributed by atoms with Crippen molar-refractivity contribution in [2.24, 2.45) is 11.8 Å². The van der Waals surface area contributed by atoms with Gasteiger partial charge in [0.25, 0.3) is 0 Å². The van der Waals surface area contributed by atoms with Crippen molar-refractivity contribution in [1.29, 1.82) is 0 Å². The molecule has 0 N–H and O–H groups in total. The first-order chi connectivity index (χ1) is 10.2. The monoisotopic (exact) mass is 279 g/mol. The van der Waals surface area contributed by atoms with Crippen molar-refractivity contribution in [3.63, 3.8) is 0 Å². The van der Waals surface area contributed by atoms with Gasteiger partial charge in [-0.3, -0.25) is 0 Å². The molecule has 0 saturated carbocycles. The third-order valence-corrected chi connectivity index (χ3v) is 4.51. The molecule has 21 heavy (non-hydrogen) atoms. The molecule has 2 unspecified atom stereocenters. The van der Waals surface area contributed by atoms with Crippen molar-refractivity contribution >= 4 is 0 Å². The van der Waals surface area contributed by atoms with Crippen LogP contribution in [0.5, 0.6) is 0 Å².